The zero-order chi connectivity index (χ0) is 18.5. The van der Waals surface area contributed by atoms with Gasteiger partial charge in [0.1, 0.15) is 5.82 Å². The first-order chi connectivity index (χ1) is 12.6. The number of halogens is 1. The molecule has 1 heterocycles. The molecule has 0 radical (unpaired) electrons. The predicted molar refractivity (Wildman–Crippen MR) is 92.2 cm³/mol. The maximum atomic E-state index is 13.2. The maximum absolute atomic E-state index is 13.2. The highest BCUT2D eigenvalue weighted by atomic mass is 19.1. The van der Waals surface area contributed by atoms with Crippen molar-refractivity contribution < 1.29 is 23.2 Å². The van der Waals surface area contributed by atoms with Gasteiger partial charge < -0.3 is 14.6 Å². The number of carbonyl (C=O) groups is 2. The highest BCUT2D eigenvalue weighted by molar-refractivity contribution is 6.04. The van der Waals surface area contributed by atoms with Gasteiger partial charge in [0.2, 0.25) is 0 Å². The van der Waals surface area contributed by atoms with Crippen molar-refractivity contribution in [2.75, 3.05) is 11.9 Å². The largest absolute Gasteiger partial charge is 0.461 e. The summed E-state index contributed by atoms with van der Waals surface area (Å²) in [5.41, 5.74) is 1.53. The van der Waals surface area contributed by atoms with Gasteiger partial charge in [-0.15, -0.1) is 0 Å². The van der Waals surface area contributed by atoms with Crippen molar-refractivity contribution in [3.05, 3.63) is 71.7 Å². The van der Waals surface area contributed by atoms with Crippen LogP contribution in [0.15, 0.2) is 59.1 Å². The van der Waals surface area contributed by atoms with Crippen LogP contribution in [0.25, 0.3) is 11.3 Å². The van der Waals surface area contributed by atoms with E-state index < -0.39 is 17.7 Å². The van der Waals surface area contributed by atoms with Crippen molar-refractivity contribution in [3.63, 3.8) is 0 Å². The van der Waals surface area contributed by atoms with E-state index in [1.54, 1.807) is 31.2 Å². The van der Waals surface area contributed by atoms with Crippen LogP contribution in [0.4, 0.5) is 10.1 Å². The number of aromatic nitrogens is 1. The molecule has 7 heteroatoms. The molecule has 132 valence electrons. The van der Waals surface area contributed by atoms with Crippen LogP contribution in [0.1, 0.15) is 27.8 Å². The summed E-state index contributed by atoms with van der Waals surface area (Å²) in [6.07, 6.45) is 0. The van der Waals surface area contributed by atoms with Gasteiger partial charge in [-0.2, -0.15) is 0 Å². The van der Waals surface area contributed by atoms with E-state index >= 15 is 0 Å². The fraction of sp³-hybridized carbons (Fsp3) is 0.105. The van der Waals surface area contributed by atoms with Gasteiger partial charge in [0, 0.05) is 22.9 Å². The lowest BCUT2D eigenvalue weighted by atomic mass is 10.1. The Morgan fingerprint density at radius 3 is 2.62 bits per heavy atom. The molecule has 2 aromatic carbocycles. The summed E-state index contributed by atoms with van der Waals surface area (Å²) in [6, 6.07) is 13.7. The molecule has 0 atom stereocenters. The quantitative estimate of drug-likeness (QED) is 0.703. The molecule has 0 saturated heterocycles. The molecular formula is C19H15FN2O4. The van der Waals surface area contributed by atoms with Gasteiger partial charge in [0.15, 0.2) is 11.5 Å². The number of nitrogens with zero attached hydrogens (tertiary/aromatic N) is 1. The summed E-state index contributed by atoms with van der Waals surface area (Å²) in [5.74, 6) is -1.05. The van der Waals surface area contributed by atoms with Gasteiger partial charge in [-0.3, -0.25) is 4.79 Å². The Bertz CT molecular complexity index is 935. The van der Waals surface area contributed by atoms with Gasteiger partial charge in [0.05, 0.1) is 6.61 Å². The molecule has 0 unspecified atom stereocenters. The summed E-state index contributed by atoms with van der Waals surface area (Å²) in [7, 11) is 0. The van der Waals surface area contributed by atoms with Crippen molar-refractivity contribution >= 4 is 17.6 Å². The Balaban J connectivity index is 1.70. The Hall–Kier alpha value is -3.48. The lowest BCUT2D eigenvalue weighted by Crippen LogP contribution is -2.11. The highest BCUT2D eigenvalue weighted by Crippen LogP contribution is 2.23. The third-order valence-electron chi connectivity index (χ3n) is 3.51. The van der Waals surface area contributed by atoms with Gasteiger partial charge in [-0.25, -0.2) is 9.18 Å². The Labute approximate surface area is 148 Å². The maximum Gasteiger partial charge on any atom is 0.360 e. The monoisotopic (exact) mass is 354 g/mol. The molecule has 0 saturated carbocycles. The number of anilines is 1. The first kappa shape index (κ1) is 17.3. The zero-order valence-electron chi connectivity index (χ0n) is 13.9. The first-order valence-electron chi connectivity index (χ1n) is 7.88. The average molecular weight is 354 g/mol. The van der Waals surface area contributed by atoms with E-state index in [0.29, 0.717) is 17.0 Å². The number of ether oxygens (including phenoxy) is 1. The van der Waals surface area contributed by atoms with E-state index in [2.05, 4.69) is 10.5 Å². The molecule has 3 rings (SSSR count). The fourth-order valence-electron chi connectivity index (χ4n) is 2.26. The normalized spacial score (nSPS) is 10.4. The molecule has 0 spiro atoms. The van der Waals surface area contributed by atoms with Crippen LogP contribution in [0, 0.1) is 5.82 Å². The molecule has 26 heavy (non-hydrogen) atoms. The van der Waals surface area contributed by atoms with Crippen molar-refractivity contribution in [2.45, 2.75) is 6.92 Å². The minimum absolute atomic E-state index is 0.0883. The zero-order valence-corrected chi connectivity index (χ0v) is 13.9. The molecule has 1 aromatic heterocycles. The average Bonchev–Trinajstić information content (AvgIpc) is 3.13. The number of esters is 1. The molecule has 0 aliphatic carbocycles. The molecule has 0 aliphatic heterocycles. The Morgan fingerprint density at radius 2 is 1.92 bits per heavy atom. The Morgan fingerprint density at radius 1 is 1.15 bits per heavy atom. The summed E-state index contributed by atoms with van der Waals surface area (Å²) < 4.78 is 23.2. The lowest BCUT2D eigenvalue weighted by Gasteiger charge is -2.06. The van der Waals surface area contributed by atoms with Gasteiger partial charge in [-0.1, -0.05) is 11.2 Å². The molecular weight excluding hydrogens is 339 g/mol. The molecule has 3 aromatic rings. The summed E-state index contributed by atoms with van der Waals surface area (Å²) in [4.78, 5) is 23.7. The van der Waals surface area contributed by atoms with E-state index in [4.69, 9.17) is 9.26 Å². The van der Waals surface area contributed by atoms with Gasteiger partial charge in [-0.05, 0) is 49.4 Å². The molecule has 0 aliphatic rings. The number of nitrogens with one attached hydrogen (secondary N) is 1. The number of carbonyl (C=O) groups excluding carboxylic acids is 2. The minimum Gasteiger partial charge on any atom is -0.461 e. The van der Waals surface area contributed by atoms with Crippen molar-refractivity contribution in [1.82, 2.24) is 5.16 Å². The highest BCUT2D eigenvalue weighted by Gasteiger charge is 2.14. The van der Waals surface area contributed by atoms with Crippen LogP contribution in [0.3, 0.4) is 0 Å². The topological polar surface area (TPSA) is 81.4 Å². The first-order valence-corrected chi connectivity index (χ1v) is 7.88. The Kier molecular flexibility index (Phi) is 5.07. The predicted octanol–water partition coefficient (Wildman–Crippen LogP) is 3.91. The van der Waals surface area contributed by atoms with Crippen LogP contribution in [-0.4, -0.2) is 23.6 Å². The summed E-state index contributed by atoms with van der Waals surface area (Å²) in [6.45, 7) is 1.95. The van der Waals surface area contributed by atoms with Crippen molar-refractivity contribution in [2.24, 2.45) is 0 Å². The molecule has 1 amide bonds. The van der Waals surface area contributed by atoms with E-state index in [9.17, 15) is 14.0 Å². The number of rotatable bonds is 5. The second-order valence-corrected chi connectivity index (χ2v) is 5.34. The number of hydrogen-bond donors (Lipinski definition) is 1. The standard InChI is InChI=1S/C19H15FN2O4/c1-2-25-19(24)16-11-17(26-22-16)12-6-8-15(9-7-12)21-18(23)13-4-3-5-14(20)10-13/h3-11H,2H2,1H3,(H,21,23). The number of benzene rings is 2. The second-order valence-electron chi connectivity index (χ2n) is 5.34. The fourth-order valence-corrected chi connectivity index (χ4v) is 2.26. The van der Waals surface area contributed by atoms with Crippen molar-refractivity contribution in [1.29, 1.82) is 0 Å². The van der Waals surface area contributed by atoms with Crippen LogP contribution >= 0.6 is 0 Å². The van der Waals surface area contributed by atoms with E-state index in [0.717, 1.165) is 6.07 Å². The van der Waals surface area contributed by atoms with Crippen LogP contribution < -0.4 is 5.32 Å². The van der Waals surface area contributed by atoms with Crippen LogP contribution in [0.5, 0.6) is 0 Å². The van der Waals surface area contributed by atoms with Crippen LogP contribution in [-0.2, 0) is 4.74 Å². The number of hydrogen-bond acceptors (Lipinski definition) is 5. The van der Waals surface area contributed by atoms with Gasteiger partial charge >= 0.3 is 5.97 Å². The van der Waals surface area contributed by atoms with E-state index in [-0.39, 0.29) is 17.9 Å². The summed E-state index contributed by atoms with van der Waals surface area (Å²) in [5, 5.41) is 6.35. The van der Waals surface area contributed by atoms with Crippen LogP contribution in [0.2, 0.25) is 0 Å². The smallest absolute Gasteiger partial charge is 0.360 e. The van der Waals surface area contributed by atoms with Crippen molar-refractivity contribution in [3.8, 4) is 11.3 Å². The van der Waals surface area contributed by atoms with E-state index in [1.807, 2.05) is 0 Å². The second kappa shape index (κ2) is 7.60. The molecule has 6 nitrogen and oxygen atoms in total. The molecule has 0 bridgehead atoms. The molecule has 0 fully saturated rings. The third kappa shape index (κ3) is 3.94. The third-order valence-corrected chi connectivity index (χ3v) is 3.51. The SMILES string of the molecule is CCOC(=O)c1cc(-c2ccc(NC(=O)c3cccc(F)c3)cc2)on1. The molecule has 1 N–H and O–H groups in total. The summed E-state index contributed by atoms with van der Waals surface area (Å²) >= 11 is 0. The lowest BCUT2D eigenvalue weighted by molar-refractivity contribution is 0.0514. The number of amides is 1. The van der Waals surface area contributed by atoms with E-state index in [1.165, 1.54) is 24.3 Å². The van der Waals surface area contributed by atoms with Gasteiger partial charge in [0.25, 0.3) is 5.91 Å². The minimum atomic E-state index is -0.554.